The van der Waals surface area contributed by atoms with Gasteiger partial charge in [0.05, 0.1) is 0 Å². The van der Waals surface area contributed by atoms with Crippen LogP contribution in [0.4, 0.5) is 0 Å². The van der Waals surface area contributed by atoms with Gasteiger partial charge in [0.1, 0.15) is 0 Å². The van der Waals surface area contributed by atoms with Crippen molar-refractivity contribution in [3.05, 3.63) is 11.8 Å². The topological polar surface area (TPSA) is 0 Å². The molecule has 0 atom stereocenters. The standard InChI is InChI=1S/C14H31SiTe.BrH/c1-13(2)11-16(12-14(3)4)10-8-9-15(5,6)7;/h8-9,13-14H,10-12H2,1-7H3;1H/q+1;/p-1/b9-8+;. The van der Waals surface area contributed by atoms with Gasteiger partial charge in [-0.15, -0.1) is 0 Å². The van der Waals surface area contributed by atoms with Crippen molar-refractivity contribution in [1.82, 2.24) is 0 Å². The molecule has 0 nitrogen and oxygen atoms in total. The predicted octanol–water partition coefficient (Wildman–Crippen LogP) is 2.23. The van der Waals surface area contributed by atoms with Crippen LogP contribution in [0, 0.1) is 11.8 Å². The summed E-state index contributed by atoms with van der Waals surface area (Å²) in [7, 11) is -0.957. The molecule has 0 unspecified atom stereocenters. The van der Waals surface area contributed by atoms with Crippen LogP contribution in [-0.2, 0) is 0 Å². The number of hydrogen-bond donors (Lipinski definition) is 0. The third-order valence-corrected chi connectivity index (χ3v) is 11.7. The second-order valence-electron chi connectivity index (χ2n) is 6.67. The first-order chi connectivity index (χ1) is 7.20. The summed E-state index contributed by atoms with van der Waals surface area (Å²) in [5.41, 5.74) is 2.54. The van der Waals surface area contributed by atoms with E-state index in [2.05, 4.69) is 59.1 Å². The van der Waals surface area contributed by atoms with Gasteiger partial charge in [-0.25, -0.2) is 0 Å². The quantitative estimate of drug-likeness (QED) is 0.539. The second-order valence-corrected chi connectivity index (χ2v) is 18.1. The van der Waals surface area contributed by atoms with Crippen LogP contribution < -0.4 is 17.0 Å². The fourth-order valence-corrected chi connectivity index (χ4v) is 10.6. The Morgan fingerprint density at radius 1 is 0.941 bits per heavy atom. The van der Waals surface area contributed by atoms with Crippen molar-refractivity contribution in [3.63, 3.8) is 0 Å². The minimum atomic E-state index is -0.957. The Morgan fingerprint density at radius 3 is 1.65 bits per heavy atom. The van der Waals surface area contributed by atoms with Crippen LogP contribution in [0.1, 0.15) is 27.7 Å². The van der Waals surface area contributed by atoms with Crippen molar-refractivity contribution in [2.45, 2.75) is 60.7 Å². The smallest absolute Gasteiger partial charge is 1.00 e. The van der Waals surface area contributed by atoms with Crippen LogP contribution in [0.3, 0.4) is 0 Å². The second kappa shape index (κ2) is 10.1. The molecule has 0 aliphatic carbocycles. The zero-order valence-electron chi connectivity index (χ0n) is 12.7. The molecule has 0 bridgehead atoms. The number of halogens is 1. The normalized spacial score (nSPS) is 12.8. The van der Waals surface area contributed by atoms with Crippen molar-refractivity contribution >= 4 is 27.6 Å². The summed E-state index contributed by atoms with van der Waals surface area (Å²) in [5, 5.41) is 0. The molecule has 0 aromatic carbocycles. The number of hydrogen-bond acceptors (Lipinski definition) is 0. The van der Waals surface area contributed by atoms with Crippen LogP contribution in [0.15, 0.2) is 11.8 Å². The van der Waals surface area contributed by atoms with Crippen LogP contribution in [0.25, 0.3) is 0 Å². The molecule has 3 heteroatoms. The summed E-state index contributed by atoms with van der Waals surface area (Å²) in [6.45, 7) is 16.8. The maximum absolute atomic E-state index is 2.54. The minimum absolute atomic E-state index is 0. The molecule has 0 spiro atoms. The van der Waals surface area contributed by atoms with Crippen LogP contribution in [0.2, 0.25) is 33.0 Å². The van der Waals surface area contributed by atoms with Gasteiger partial charge in [0, 0.05) is 0 Å². The van der Waals surface area contributed by atoms with Gasteiger partial charge in [-0.2, -0.15) is 0 Å². The van der Waals surface area contributed by atoms with E-state index in [0.29, 0.717) is 0 Å². The average Bonchev–Trinajstić information content (AvgIpc) is 1.98. The number of rotatable bonds is 7. The third kappa shape index (κ3) is 15.2. The Morgan fingerprint density at radius 2 is 1.35 bits per heavy atom. The van der Waals surface area contributed by atoms with E-state index in [0.717, 1.165) is 11.8 Å². The van der Waals surface area contributed by atoms with E-state index in [-0.39, 0.29) is 17.0 Å². The van der Waals surface area contributed by atoms with E-state index < -0.39 is 27.6 Å². The van der Waals surface area contributed by atoms with E-state index in [1.54, 1.807) is 8.94 Å². The molecule has 0 saturated carbocycles. The van der Waals surface area contributed by atoms with Gasteiger partial charge in [0.25, 0.3) is 0 Å². The first kappa shape index (κ1) is 20.5. The summed E-state index contributed by atoms with van der Waals surface area (Å²) >= 11 is -0.817. The summed E-state index contributed by atoms with van der Waals surface area (Å²) in [6, 6.07) is 0. The summed E-state index contributed by atoms with van der Waals surface area (Å²) < 4.78 is 4.57. The van der Waals surface area contributed by atoms with Gasteiger partial charge in [-0.05, 0) is 0 Å². The van der Waals surface area contributed by atoms with Gasteiger partial charge < -0.3 is 17.0 Å². The monoisotopic (exact) mass is 436 g/mol. The first-order valence-electron chi connectivity index (χ1n) is 6.52. The maximum Gasteiger partial charge on any atom is -1.00 e. The molecule has 0 aliphatic rings. The van der Waals surface area contributed by atoms with Crippen LogP contribution in [0.5, 0.6) is 0 Å². The van der Waals surface area contributed by atoms with E-state index in [4.69, 9.17) is 0 Å². The van der Waals surface area contributed by atoms with Gasteiger partial charge in [0.15, 0.2) is 0 Å². The maximum atomic E-state index is 2.54. The van der Waals surface area contributed by atoms with Crippen molar-refractivity contribution in [2.24, 2.45) is 11.8 Å². The molecule has 0 radical (unpaired) electrons. The summed E-state index contributed by atoms with van der Waals surface area (Å²) in [4.78, 5) is 0. The molecular weight excluding hydrogens is 404 g/mol. The molecule has 0 rings (SSSR count). The fourth-order valence-electron chi connectivity index (χ4n) is 1.68. The molecule has 0 fully saturated rings. The van der Waals surface area contributed by atoms with Crippen molar-refractivity contribution in [1.29, 1.82) is 0 Å². The molecule has 0 saturated heterocycles. The van der Waals surface area contributed by atoms with Gasteiger partial charge in [-0.1, -0.05) is 0 Å². The largest absolute Gasteiger partial charge is 1.00 e. The predicted molar refractivity (Wildman–Crippen MR) is 82.3 cm³/mol. The van der Waals surface area contributed by atoms with E-state index in [9.17, 15) is 0 Å². The van der Waals surface area contributed by atoms with Crippen LogP contribution in [-0.4, -0.2) is 27.6 Å². The van der Waals surface area contributed by atoms with Gasteiger partial charge >= 0.3 is 112 Å². The Balaban J connectivity index is 0. The summed E-state index contributed by atoms with van der Waals surface area (Å²) in [5.74, 6) is 1.83. The molecule has 0 aliphatic heterocycles. The molecular formula is C14H31BrSiTe. The Hall–Kier alpha value is 1.23. The van der Waals surface area contributed by atoms with Gasteiger partial charge in [0.2, 0.25) is 0 Å². The molecule has 0 N–H and O–H groups in total. The van der Waals surface area contributed by atoms with E-state index >= 15 is 0 Å². The zero-order valence-corrected chi connectivity index (χ0v) is 17.6. The third-order valence-electron chi connectivity index (χ3n) is 2.09. The first-order valence-corrected chi connectivity index (χ1v) is 15.0. The number of allylic oxidation sites excluding steroid dienone is 1. The van der Waals surface area contributed by atoms with E-state index in [1.165, 1.54) is 4.47 Å². The van der Waals surface area contributed by atoms with Crippen LogP contribution >= 0.6 is 0 Å². The van der Waals surface area contributed by atoms with Crippen molar-refractivity contribution in [2.75, 3.05) is 0 Å². The molecule has 0 amide bonds. The molecule has 17 heavy (non-hydrogen) atoms. The SMILES string of the molecule is CC(C)C[Te+](C/C=C/[Si](C)(C)C)CC(C)C.[Br-]. The molecule has 0 aromatic heterocycles. The Bertz CT molecular complexity index is 197. The average molecular weight is 435 g/mol. The molecule has 0 aromatic rings. The zero-order chi connectivity index (χ0) is 12.8. The van der Waals surface area contributed by atoms with Crippen molar-refractivity contribution < 1.29 is 17.0 Å². The Labute approximate surface area is 128 Å². The fraction of sp³-hybridized carbons (Fsp3) is 0.857. The van der Waals surface area contributed by atoms with E-state index in [1.807, 2.05) is 0 Å². The Kier molecular flexibility index (Phi) is 12.2. The van der Waals surface area contributed by atoms with Crippen molar-refractivity contribution in [3.8, 4) is 0 Å². The van der Waals surface area contributed by atoms with Gasteiger partial charge in [-0.3, -0.25) is 0 Å². The minimum Gasteiger partial charge on any atom is -1.00 e. The summed E-state index contributed by atoms with van der Waals surface area (Å²) in [6.07, 6.45) is 2.54. The molecule has 0 heterocycles. The molecule has 104 valence electrons.